The second-order valence-corrected chi connectivity index (χ2v) is 6.27. The van der Waals surface area contributed by atoms with E-state index < -0.39 is 0 Å². The molecule has 130 valence electrons. The first kappa shape index (κ1) is 17.1. The lowest BCUT2D eigenvalue weighted by Gasteiger charge is -2.33. The molecule has 1 aliphatic rings. The van der Waals surface area contributed by atoms with E-state index in [1.54, 1.807) is 6.33 Å². The van der Waals surface area contributed by atoms with Crippen molar-refractivity contribution < 1.29 is 9.84 Å². The Balaban J connectivity index is 1.50. The molecule has 2 heterocycles. The quantitative estimate of drug-likeness (QED) is 0.836. The molecule has 2 unspecified atom stereocenters. The molecule has 1 aliphatic heterocycles. The van der Waals surface area contributed by atoms with E-state index in [9.17, 15) is 5.11 Å². The molecule has 24 heavy (non-hydrogen) atoms. The summed E-state index contributed by atoms with van der Waals surface area (Å²) in [6.07, 6.45) is 3.03. The van der Waals surface area contributed by atoms with Crippen LogP contribution in [0.1, 0.15) is 30.8 Å². The SMILES string of the molecule is CCn1cnnc1C1CN(CC(O)CCc2ccccc2)CCO1. The predicted molar refractivity (Wildman–Crippen MR) is 91.6 cm³/mol. The second-order valence-electron chi connectivity index (χ2n) is 6.27. The van der Waals surface area contributed by atoms with Gasteiger partial charge in [0.15, 0.2) is 5.82 Å². The third kappa shape index (κ3) is 4.41. The maximum atomic E-state index is 10.4. The van der Waals surface area contributed by atoms with E-state index >= 15 is 0 Å². The van der Waals surface area contributed by atoms with Gasteiger partial charge >= 0.3 is 0 Å². The van der Waals surface area contributed by atoms with Gasteiger partial charge in [-0.3, -0.25) is 4.90 Å². The van der Waals surface area contributed by atoms with Crippen molar-refractivity contribution in [1.29, 1.82) is 0 Å². The molecule has 2 atom stereocenters. The molecule has 6 nitrogen and oxygen atoms in total. The van der Waals surface area contributed by atoms with E-state index in [1.165, 1.54) is 5.56 Å². The molecule has 1 fully saturated rings. The van der Waals surface area contributed by atoms with Gasteiger partial charge in [0, 0.05) is 26.2 Å². The molecule has 0 saturated carbocycles. The predicted octanol–water partition coefficient (Wildman–Crippen LogP) is 1.66. The largest absolute Gasteiger partial charge is 0.392 e. The van der Waals surface area contributed by atoms with Crippen molar-refractivity contribution in [2.75, 3.05) is 26.2 Å². The number of benzene rings is 1. The minimum Gasteiger partial charge on any atom is -0.392 e. The molecule has 0 spiro atoms. The van der Waals surface area contributed by atoms with Gasteiger partial charge < -0.3 is 14.4 Å². The lowest BCUT2D eigenvalue weighted by Crippen LogP contribution is -2.43. The van der Waals surface area contributed by atoms with E-state index in [-0.39, 0.29) is 12.2 Å². The average molecular weight is 330 g/mol. The Bertz CT molecular complexity index is 616. The van der Waals surface area contributed by atoms with Crippen LogP contribution in [0.2, 0.25) is 0 Å². The summed E-state index contributed by atoms with van der Waals surface area (Å²) < 4.78 is 7.87. The van der Waals surface area contributed by atoms with E-state index in [4.69, 9.17) is 4.74 Å². The van der Waals surface area contributed by atoms with Crippen molar-refractivity contribution in [3.8, 4) is 0 Å². The van der Waals surface area contributed by atoms with Gasteiger partial charge in [-0.15, -0.1) is 10.2 Å². The zero-order chi connectivity index (χ0) is 16.8. The van der Waals surface area contributed by atoms with Crippen molar-refractivity contribution in [2.45, 2.75) is 38.5 Å². The molecule has 0 aliphatic carbocycles. The zero-order valence-corrected chi connectivity index (χ0v) is 14.2. The number of nitrogens with zero attached hydrogens (tertiary/aromatic N) is 4. The third-order valence-electron chi connectivity index (χ3n) is 4.50. The fraction of sp³-hybridized carbons (Fsp3) is 0.556. The Labute approximate surface area is 143 Å². The number of β-amino-alcohol motifs (C(OH)–C–C–N with tert-alkyl or cyclic N) is 1. The molecule has 0 radical (unpaired) electrons. The Kier molecular flexibility index (Phi) is 5.96. The van der Waals surface area contributed by atoms with Gasteiger partial charge in [-0.2, -0.15) is 0 Å². The summed E-state index contributed by atoms with van der Waals surface area (Å²) >= 11 is 0. The summed E-state index contributed by atoms with van der Waals surface area (Å²) in [6, 6.07) is 10.3. The Morgan fingerprint density at radius 3 is 2.96 bits per heavy atom. The number of aliphatic hydroxyl groups excluding tert-OH is 1. The highest BCUT2D eigenvalue weighted by Gasteiger charge is 2.26. The van der Waals surface area contributed by atoms with Crippen molar-refractivity contribution >= 4 is 0 Å². The Morgan fingerprint density at radius 1 is 1.33 bits per heavy atom. The lowest BCUT2D eigenvalue weighted by atomic mass is 10.1. The fourth-order valence-corrected chi connectivity index (χ4v) is 3.15. The van der Waals surface area contributed by atoms with Gasteiger partial charge in [-0.1, -0.05) is 30.3 Å². The molecule has 1 N–H and O–H groups in total. The number of rotatable bonds is 7. The Morgan fingerprint density at radius 2 is 2.17 bits per heavy atom. The highest BCUT2D eigenvalue weighted by molar-refractivity contribution is 5.14. The fourth-order valence-electron chi connectivity index (χ4n) is 3.15. The minimum absolute atomic E-state index is 0.0671. The van der Waals surface area contributed by atoms with Gasteiger partial charge in [0.05, 0.1) is 12.7 Å². The van der Waals surface area contributed by atoms with Crippen LogP contribution in [0.5, 0.6) is 0 Å². The van der Waals surface area contributed by atoms with Gasteiger partial charge in [0.1, 0.15) is 12.4 Å². The monoisotopic (exact) mass is 330 g/mol. The van der Waals surface area contributed by atoms with Crippen molar-refractivity contribution in [3.63, 3.8) is 0 Å². The molecule has 6 heteroatoms. The molecule has 3 rings (SSSR count). The number of morpholine rings is 1. The van der Waals surface area contributed by atoms with E-state index in [1.807, 2.05) is 22.8 Å². The number of aromatic nitrogens is 3. The third-order valence-corrected chi connectivity index (χ3v) is 4.50. The first-order valence-electron chi connectivity index (χ1n) is 8.70. The summed E-state index contributed by atoms with van der Waals surface area (Å²) in [5.41, 5.74) is 1.27. The average Bonchev–Trinajstić information content (AvgIpc) is 3.10. The van der Waals surface area contributed by atoms with Crippen molar-refractivity contribution in [1.82, 2.24) is 19.7 Å². The van der Waals surface area contributed by atoms with Crippen LogP contribution < -0.4 is 0 Å². The van der Waals surface area contributed by atoms with Crippen LogP contribution in [-0.2, 0) is 17.7 Å². The highest BCUT2D eigenvalue weighted by Crippen LogP contribution is 2.21. The number of ether oxygens (including phenoxy) is 1. The first-order valence-corrected chi connectivity index (χ1v) is 8.70. The molecule has 2 aromatic rings. The minimum atomic E-state index is -0.326. The van der Waals surface area contributed by atoms with Gasteiger partial charge in [0.25, 0.3) is 0 Å². The van der Waals surface area contributed by atoms with Crippen LogP contribution in [0.15, 0.2) is 36.7 Å². The highest BCUT2D eigenvalue weighted by atomic mass is 16.5. The maximum Gasteiger partial charge on any atom is 0.163 e. The number of hydrogen-bond acceptors (Lipinski definition) is 5. The van der Waals surface area contributed by atoms with Crippen LogP contribution in [0.3, 0.4) is 0 Å². The van der Waals surface area contributed by atoms with Gasteiger partial charge in [0.2, 0.25) is 0 Å². The summed E-state index contributed by atoms with van der Waals surface area (Å²) in [7, 11) is 0. The van der Waals surface area contributed by atoms with Crippen LogP contribution in [0.25, 0.3) is 0 Å². The topological polar surface area (TPSA) is 63.4 Å². The van der Waals surface area contributed by atoms with Crippen molar-refractivity contribution in [3.05, 3.63) is 48.0 Å². The summed E-state index contributed by atoms with van der Waals surface area (Å²) in [5.74, 6) is 0.876. The van der Waals surface area contributed by atoms with E-state index in [0.29, 0.717) is 13.2 Å². The number of aryl methyl sites for hydroxylation is 2. The van der Waals surface area contributed by atoms with Crippen LogP contribution in [0.4, 0.5) is 0 Å². The van der Waals surface area contributed by atoms with Gasteiger partial charge in [-0.05, 0) is 25.3 Å². The molecular weight excluding hydrogens is 304 g/mol. The standard InChI is InChI=1S/C18H26N4O2/c1-2-22-14-19-20-18(22)17-13-21(10-11-24-17)12-16(23)9-8-15-6-4-3-5-7-15/h3-7,14,16-17,23H,2,8-13H2,1H3. The molecule has 1 aromatic heterocycles. The molecular formula is C18H26N4O2. The maximum absolute atomic E-state index is 10.4. The molecule has 0 amide bonds. The van der Waals surface area contributed by atoms with Crippen molar-refractivity contribution in [2.24, 2.45) is 0 Å². The summed E-state index contributed by atoms with van der Waals surface area (Å²) in [5, 5.41) is 18.5. The summed E-state index contributed by atoms with van der Waals surface area (Å²) in [6.45, 7) is 5.84. The van der Waals surface area contributed by atoms with Gasteiger partial charge in [-0.25, -0.2) is 0 Å². The number of aliphatic hydroxyl groups is 1. The van der Waals surface area contributed by atoms with Crippen LogP contribution in [0, 0.1) is 0 Å². The zero-order valence-electron chi connectivity index (χ0n) is 14.2. The smallest absolute Gasteiger partial charge is 0.163 e. The molecule has 1 saturated heterocycles. The number of hydrogen-bond donors (Lipinski definition) is 1. The first-order chi connectivity index (χ1) is 11.8. The van der Waals surface area contributed by atoms with Crippen LogP contribution in [-0.4, -0.2) is 57.1 Å². The van der Waals surface area contributed by atoms with Crippen LogP contribution >= 0.6 is 0 Å². The van der Waals surface area contributed by atoms with E-state index in [2.05, 4.69) is 34.2 Å². The molecule has 1 aromatic carbocycles. The normalized spacial score (nSPS) is 20.2. The molecule has 0 bridgehead atoms. The lowest BCUT2D eigenvalue weighted by molar-refractivity contribution is -0.0478. The Hall–Kier alpha value is -1.76. The second kappa shape index (κ2) is 8.37. The summed E-state index contributed by atoms with van der Waals surface area (Å²) in [4.78, 5) is 2.26. The van der Waals surface area contributed by atoms with E-state index in [0.717, 1.165) is 38.3 Å².